The minimum absolute atomic E-state index is 0.162. The molecular formula is C12H17NO5S. The van der Waals surface area contributed by atoms with E-state index in [1.165, 1.54) is 7.11 Å². The zero-order chi connectivity index (χ0) is 14.3. The molecule has 0 bridgehead atoms. The Morgan fingerprint density at radius 2 is 1.95 bits per heavy atom. The van der Waals surface area contributed by atoms with Gasteiger partial charge in [-0.1, -0.05) is 12.1 Å². The van der Waals surface area contributed by atoms with Crippen LogP contribution in [0.3, 0.4) is 0 Å². The maximum absolute atomic E-state index is 11.5. The van der Waals surface area contributed by atoms with Gasteiger partial charge in [-0.25, -0.2) is 13.1 Å². The lowest BCUT2D eigenvalue weighted by Gasteiger charge is -2.06. The second-order valence-corrected chi connectivity index (χ2v) is 5.88. The Bertz CT molecular complexity index is 509. The Hall–Kier alpha value is -1.60. The first-order valence-electron chi connectivity index (χ1n) is 5.75. The third kappa shape index (κ3) is 6.21. The number of benzene rings is 1. The highest BCUT2D eigenvalue weighted by atomic mass is 32.2. The maximum Gasteiger partial charge on any atom is 0.306 e. The second-order valence-electron chi connectivity index (χ2n) is 3.96. The number of carbonyl (C=O) groups excluding carboxylic acids is 1. The molecular weight excluding hydrogens is 270 g/mol. The van der Waals surface area contributed by atoms with Gasteiger partial charge in [0.25, 0.3) is 0 Å². The minimum atomic E-state index is -3.47. The van der Waals surface area contributed by atoms with Crippen LogP contribution in [-0.2, 0) is 26.0 Å². The number of nitrogens with one attached hydrogen (secondary N) is 1. The number of hydrogen-bond donors (Lipinski definition) is 2. The average molecular weight is 287 g/mol. The molecule has 7 heteroatoms. The summed E-state index contributed by atoms with van der Waals surface area (Å²) in [5.74, 6) is -0.666. The minimum Gasteiger partial charge on any atom is -0.508 e. The Morgan fingerprint density at radius 1 is 1.32 bits per heavy atom. The highest BCUT2D eigenvalue weighted by molar-refractivity contribution is 7.89. The lowest BCUT2D eigenvalue weighted by molar-refractivity contribution is -0.140. The number of phenols is 1. The number of ether oxygens (including phenoxy) is 1. The quantitative estimate of drug-likeness (QED) is 0.709. The van der Waals surface area contributed by atoms with Crippen molar-refractivity contribution in [2.75, 3.05) is 19.4 Å². The third-order valence-electron chi connectivity index (χ3n) is 2.47. The standard InChI is InChI=1S/C12H17NO5S/c1-18-12(15)7-9-19(16,17)13-8-6-10-2-4-11(14)5-3-10/h2-5,13-14H,6-9H2,1H3. The van der Waals surface area contributed by atoms with Crippen molar-refractivity contribution in [1.82, 2.24) is 4.72 Å². The molecule has 1 rings (SSSR count). The summed E-state index contributed by atoms with van der Waals surface area (Å²) in [6.45, 7) is 0.244. The molecule has 0 aliphatic heterocycles. The fourth-order valence-electron chi connectivity index (χ4n) is 1.41. The van der Waals surface area contributed by atoms with E-state index >= 15 is 0 Å². The van der Waals surface area contributed by atoms with Crippen molar-refractivity contribution >= 4 is 16.0 Å². The second kappa shape index (κ2) is 7.10. The zero-order valence-electron chi connectivity index (χ0n) is 10.6. The van der Waals surface area contributed by atoms with Gasteiger partial charge >= 0.3 is 5.97 Å². The molecule has 0 aliphatic rings. The van der Waals surface area contributed by atoms with Crippen LogP contribution in [-0.4, -0.2) is 38.9 Å². The van der Waals surface area contributed by atoms with Gasteiger partial charge in [-0.3, -0.25) is 4.79 Å². The van der Waals surface area contributed by atoms with Crippen LogP contribution in [0, 0.1) is 0 Å². The molecule has 1 aromatic carbocycles. The van der Waals surface area contributed by atoms with Crippen LogP contribution in [0.4, 0.5) is 0 Å². The highest BCUT2D eigenvalue weighted by Gasteiger charge is 2.12. The summed E-state index contributed by atoms with van der Waals surface area (Å²) in [5, 5.41) is 9.10. The first kappa shape index (κ1) is 15.5. The molecule has 0 fully saturated rings. The van der Waals surface area contributed by atoms with Crippen LogP contribution >= 0.6 is 0 Å². The molecule has 19 heavy (non-hydrogen) atoms. The van der Waals surface area contributed by atoms with E-state index in [9.17, 15) is 13.2 Å². The monoisotopic (exact) mass is 287 g/mol. The van der Waals surface area contributed by atoms with Gasteiger partial charge in [0.05, 0.1) is 19.3 Å². The van der Waals surface area contributed by atoms with Crippen molar-refractivity contribution in [2.24, 2.45) is 0 Å². The van der Waals surface area contributed by atoms with Crippen molar-refractivity contribution in [3.05, 3.63) is 29.8 Å². The summed E-state index contributed by atoms with van der Waals surface area (Å²) in [7, 11) is -2.25. The van der Waals surface area contributed by atoms with E-state index in [-0.39, 0.29) is 24.5 Å². The SMILES string of the molecule is COC(=O)CCS(=O)(=O)NCCc1ccc(O)cc1. The van der Waals surface area contributed by atoms with Crippen LogP contribution in [0.15, 0.2) is 24.3 Å². The van der Waals surface area contributed by atoms with Gasteiger partial charge in [0.1, 0.15) is 5.75 Å². The van der Waals surface area contributed by atoms with Gasteiger partial charge in [0, 0.05) is 6.54 Å². The van der Waals surface area contributed by atoms with Gasteiger partial charge in [0.2, 0.25) is 10.0 Å². The number of phenolic OH excluding ortho intramolecular Hbond substituents is 1. The number of aromatic hydroxyl groups is 1. The van der Waals surface area contributed by atoms with E-state index in [0.29, 0.717) is 6.42 Å². The smallest absolute Gasteiger partial charge is 0.306 e. The molecule has 0 spiro atoms. The van der Waals surface area contributed by atoms with Crippen LogP contribution in [0.2, 0.25) is 0 Å². The van der Waals surface area contributed by atoms with Crippen LogP contribution in [0.25, 0.3) is 0 Å². The number of methoxy groups -OCH3 is 1. The Labute approximate surface area is 112 Å². The molecule has 0 radical (unpaired) electrons. The normalized spacial score (nSPS) is 11.2. The largest absolute Gasteiger partial charge is 0.508 e. The molecule has 0 atom stereocenters. The van der Waals surface area contributed by atoms with E-state index in [4.69, 9.17) is 5.11 Å². The van der Waals surface area contributed by atoms with Gasteiger partial charge in [0.15, 0.2) is 0 Å². The number of hydrogen-bond acceptors (Lipinski definition) is 5. The number of sulfonamides is 1. The molecule has 0 saturated carbocycles. The third-order valence-corrected chi connectivity index (χ3v) is 3.86. The van der Waals surface area contributed by atoms with Crippen LogP contribution < -0.4 is 4.72 Å². The molecule has 2 N–H and O–H groups in total. The summed E-state index contributed by atoms with van der Waals surface area (Å²) in [4.78, 5) is 10.8. The van der Waals surface area contributed by atoms with Gasteiger partial charge in [-0.15, -0.1) is 0 Å². The van der Waals surface area contributed by atoms with Crippen LogP contribution in [0.5, 0.6) is 5.75 Å². The first-order valence-corrected chi connectivity index (χ1v) is 7.40. The lowest BCUT2D eigenvalue weighted by Crippen LogP contribution is -2.29. The molecule has 6 nitrogen and oxygen atoms in total. The Kier molecular flexibility index (Phi) is 5.78. The number of rotatable bonds is 7. The average Bonchev–Trinajstić information content (AvgIpc) is 2.38. The topological polar surface area (TPSA) is 92.7 Å². The van der Waals surface area contributed by atoms with Gasteiger partial charge < -0.3 is 9.84 Å². The maximum atomic E-state index is 11.5. The summed E-state index contributed by atoms with van der Waals surface area (Å²) in [6, 6.07) is 6.53. The summed E-state index contributed by atoms with van der Waals surface area (Å²) < 4.78 is 29.9. The Morgan fingerprint density at radius 3 is 2.53 bits per heavy atom. The van der Waals surface area contributed by atoms with E-state index in [2.05, 4.69) is 9.46 Å². The van der Waals surface area contributed by atoms with Crippen molar-refractivity contribution in [1.29, 1.82) is 0 Å². The predicted octanol–water partition coefficient (Wildman–Crippen LogP) is 0.417. The van der Waals surface area contributed by atoms with E-state index in [1.54, 1.807) is 24.3 Å². The highest BCUT2D eigenvalue weighted by Crippen LogP contribution is 2.09. The predicted molar refractivity (Wildman–Crippen MR) is 70.2 cm³/mol. The van der Waals surface area contributed by atoms with Crippen molar-refractivity contribution in [3.63, 3.8) is 0 Å². The fourth-order valence-corrected chi connectivity index (χ4v) is 2.40. The molecule has 0 amide bonds. The molecule has 0 heterocycles. The van der Waals surface area contributed by atoms with E-state index < -0.39 is 16.0 Å². The van der Waals surface area contributed by atoms with E-state index in [1.807, 2.05) is 0 Å². The van der Waals surface area contributed by atoms with Gasteiger partial charge in [-0.2, -0.15) is 0 Å². The molecule has 106 valence electrons. The molecule has 1 aromatic rings. The zero-order valence-corrected chi connectivity index (χ0v) is 11.4. The van der Waals surface area contributed by atoms with Crippen molar-refractivity contribution in [3.8, 4) is 5.75 Å². The van der Waals surface area contributed by atoms with Crippen LogP contribution in [0.1, 0.15) is 12.0 Å². The molecule has 0 aromatic heterocycles. The fraction of sp³-hybridized carbons (Fsp3) is 0.417. The Balaban J connectivity index is 2.35. The molecule has 0 aliphatic carbocycles. The first-order chi connectivity index (χ1) is 8.93. The number of esters is 1. The van der Waals surface area contributed by atoms with Crippen molar-refractivity contribution < 1.29 is 23.1 Å². The molecule has 0 saturated heterocycles. The lowest BCUT2D eigenvalue weighted by atomic mass is 10.1. The summed E-state index contributed by atoms with van der Waals surface area (Å²) in [5.41, 5.74) is 0.911. The summed E-state index contributed by atoms with van der Waals surface area (Å²) >= 11 is 0. The molecule has 0 unspecified atom stereocenters. The van der Waals surface area contributed by atoms with Gasteiger partial charge in [-0.05, 0) is 24.1 Å². The summed E-state index contributed by atoms with van der Waals surface area (Å²) in [6.07, 6.45) is 0.350. The number of carbonyl (C=O) groups is 1. The van der Waals surface area contributed by atoms with E-state index in [0.717, 1.165) is 5.56 Å². The van der Waals surface area contributed by atoms with Crippen molar-refractivity contribution in [2.45, 2.75) is 12.8 Å².